The van der Waals surface area contributed by atoms with Gasteiger partial charge >= 0.3 is 18.0 Å². The Bertz CT molecular complexity index is 1860. The minimum Gasteiger partial charge on any atom is -0.459 e. The number of hydrogen-bond donors (Lipinski definition) is 4. The van der Waals surface area contributed by atoms with Crippen LogP contribution < -0.4 is 21.3 Å². The average Bonchev–Trinajstić information content (AvgIpc) is 3.17. The van der Waals surface area contributed by atoms with Gasteiger partial charge < -0.3 is 35.5 Å². The lowest BCUT2D eigenvalue weighted by Crippen LogP contribution is -2.51. The zero-order valence-electron chi connectivity index (χ0n) is 36.5. The number of ether oxygens (including phenoxy) is 3. The van der Waals surface area contributed by atoms with Gasteiger partial charge in [-0.05, 0) is 88.3 Å². The zero-order chi connectivity index (χ0) is 45.9. The highest BCUT2D eigenvalue weighted by Gasteiger charge is 2.37. The molecule has 0 unspecified atom stereocenters. The lowest BCUT2D eigenvalue weighted by atomic mass is 9.93. The monoisotopic (exact) mass is 906 g/mol. The van der Waals surface area contributed by atoms with E-state index in [1.165, 1.54) is 6.08 Å². The Balaban J connectivity index is 0.00000414. The first-order valence-corrected chi connectivity index (χ1v) is 21.5. The topological polar surface area (TPSA) is 178 Å². The Kier molecular flexibility index (Phi) is 21.9. The van der Waals surface area contributed by atoms with Gasteiger partial charge in [0.2, 0.25) is 17.7 Å². The number of aryl methyl sites for hydroxylation is 1. The number of hydrogen-bond acceptors (Lipinski definition) is 9. The number of nitrogens with one attached hydrogen (secondary N) is 4. The predicted molar refractivity (Wildman–Crippen MR) is 239 cm³/mol. The number of rotatable bonds is 11. The van der Waals surface area contributed by atoms with Gasteiger partial charge in [0.25, 0.3) is 0 Å². The van der Waals surface area contributed by atoms with Crippen LogP contribution in [-0.4, -0.2) is 78.0 Å². The first-order chi connectivity index (χ1) is 28.5. The second-order valence-corrected chi connectivity index (χ2v) is 18.0. The molecule has 2 aromatic rings. The summed E-state index contributed by atoms with van der Waals surface area (Å²) in [4.78, 5) is 78.0. The van der Waals surface area contributed by atoms with Crippen molar-refractivity contribution in [2.75, 3.05) is 18.4 Å². The van der Waals surface area contributed by atoms with E-state index < -0.39 is 59.1 Å². The lowest BCUT2D eigenvalue weighted by molar-refractivity contribution is -0.178. The summed E-state index contributed by atoms with van der Waals surface area (Å²) in [6, 6.07) is 11.9. The average molecular weight is 908 g/mol. The highest BCUT2D eigenvalue weighted by Crippen LogP contribution is 2.24. The van der Waals surface area contributed by atoms with Gasteiger partial charge in [-0.2, -0.15) is 0 Å². The highest BCUT2D eigenvalue weighted by molar-refractivity contribution is 6.40. The van der Waals surface area contributed by atoms with Crippen LogP contribution in [0.25, 0.3) is 6.08 Å². The van der Waals surface area contributed by atoms with Crippen LogP contribution in [-0.2, 0) is 51.1 Å². The molecular weight excluding hydrogens is 847 g/mol. The van der Waals surface area contributed by atoms with E-state index in [4.69, 9.17) is 49.0 Å². The number of carbonyl (C=O) groups excluding carboxylic acids is 6. The molecule has 3 rings (SSSR count). The van der Waals surface area contributed by atoms with Gasteiger partial charge in [0.05, 0.1) is 10.8 Å². The summed E-state index contributed by atoms with van der Waals surface area (Å²) in [7, 11) is 0. The molecule has 1 heterocycles. The number of benzene rings is 2. The van der Waals surface area contributed by atoms with E-state index in [2.05, 4.69) is 21.3 Å². The normalized spacial score (nSPS) is 19.9. The van der Waals surface area contributed by atoms with Gasteiger partial charge in [0, 0.05) is 36.9 Å². The third-order valence-corrected chi connectivity index (χ3v) is 9.52. The molecule has 4 atom stereocenters. The molecule has 0 radical (unpaired) electrons. The van der Waals surface area contributed by atoms with Gasteiger partial charge in [-0.15, -0.1) is 23.2 Å². The van der Waals surface area contributed by atoms with Crippen molar-refractivity contribution >= 4 is 76.6 Å². The second-order valence-electron chi connectivity index (χ2n) is 16.8. The third kappa shape index (κ3) is 20.2. The number of alkyl halides is 2. The van der Waals surface area contributed by atoms with Gasteiger partial charge in [-0.3, -0.25) is 19.2 Å². The Hall–Kier alpha value is -4.59. The molecule has 0 aliphatic carbocycles. The fraction of sp³-hybridized carbons (Fsp3) is 0.511. The minimum atomic E-state index is -1.22. The van der Waals surface area contributed by atoms with Crippen molar-refractivity contribution in [1.29, 1.82) is 0 Å². The molecule has 1 aliphatic rings. The van der Waals surface area contributed by atoms with Gasteiger partial charge in [-0.1, -0.05) is 87.0 Å². The van der Waals surface area contributed by atoms with Crippen LogP contribution in [0.4, 0.5) is 4.79 Å². The van der Waals surface area contributed by atoms with Gasteiger partial charge in [0.1, 0.15) is 24.3 Å². The molecule has 0 fully saturated rings. The number of halogens is 3. The van der Waals surface area contributed by atoms with E-state index in [-0.39, 0.29) is 62.0 Å². The fourth-order valence-electron chi connectivity index (χ4n) is 5.61. The van der Waals surface area contributed by atoms with E-state index in [0.717, 1.165) is 22.3 Å². The van der Waals surface area contributed by atoms with Crippen molar-refractivity contribution in [3.8, 4) is 0 Å². The first kappa shape index (κ1) is 52.5. The van der Waals surface area contributed by atoms with Crippen LogP contribution in [0, 0.1) is 24.2 Å². The van der Waals surface area contributed by atoms with Crippen LogP contribution in [0.15, 0.2) is 60.7 Å². The standard InChI is InChI=1S/C44H59ClN4O9.CH2Cl2/c1-27(2)21-36-40(53)56-35(29(4)14-15-30-17-19-31(20-18-30)24-46-38(51)25-47-42(55)58-43(5,6)7)11-10-12-37(50)49-34(23-32-16-13-28(3)33(45)22-32)39(52)48-26-44(8,9)41(54)57-36;2-1-3/h10,12-20,22,27,29,34-36H,11,21,23-26H2,1-9H3,(H,46,51)(H,47,55)(H,48,52)(H,49,50);1H2/b12-10+,15-14+;/t29-,34-,35+,36+;/m1./s1. The van der Waals surface area contributed by atoms with Crippen LogP contribution in [0.2, 0.25) is 5.02 Å². The van der Waals surface area contributed by atoms with Crippen molar-refractivity contribution in [3.63, 3.8) is 0 Å². The largest absolute Gasteiger partial charge is 0.459 e. The molecule has 1 aliphatic heterocycles. The highest BCUT2D eigenvalue weighted by atomic mass is 35.5. The minimum absolute atomic E-state index is 0.0145. The Morgan fingerprint density at radius 3 is 2.23 bits per heavy atom. The van der Waals surface area contributed by atoms with Gasteiger partial charge in [0.15, 0.2) is 6.10 Å². The van der Waals surface area contributed by atoms with Crippen molar-refractivity contribution in [2.45, 2.75) is 112 Å². The van der Waals surface area contributed by atoms with Crippen molar-refractivity contribution < 1.29 is 43.0 Å². The number of carbonyl (C=O) groups is 6. The summed E-state index contributed by atoms with van der Waals surface area (Å²) in [5.74, 6) is -3.15. The maximum Gasteiger partial charge on any atom is 0.408 e. The molecule has 0 saturated carbocycles. The maximum atomic E-state index is 13.7. The van der Waals surface area contributed by atoms with E-state index in [9.17, 15) is 28.8 Å². The number of amides is 4. The third-order valence-electron chi connectivity index (χ3n) is 9.11. The van der Waals surface area contributed by atoms with E-state index in [0.29, 0.717) is 5.02 Å². The Morgan fingerprint density at radius 1 is 0.984 bits per heavy atom. The molecule has 0 saturated heterocycles. The summed E-state index contributed by atoms with van der Waals surface area (Å²) in [6.45, 7) is 15.9. The molecule has 16 heteroatoms. The van der Waals surface area contributed by atoms with Crippen molar-refractivity contribution in [1.82, 2.24) is 21.3 Å². The van der Waals surface area contributed by atoms with Crippen LogP contribution in [0.1, 0.15) is 90.5 Å². The first-order valence-electron chi connectivity index (χ1n) is 20.1. The Labute approximate surface area is 375 Å². The van der Waals surface area contributed by atoms with Crippen LogP contribution >= 0.6 is 34.8 Å². The van der Waals surface area contributed by atoms with Crippen molar-refractivity contribution in [2.24, 2.45) is 17.3 Å². The molecule has 0 bridgehead atoms. The summed E-state index contributed by atoms with van der Waals surface area (Å²) < 4.78 is 17.0. The van der Waals surface area contributed by atoms with Crippen LogP contribution in [0.5, 0.6) is 0 Å². The van der Waals surface area contributed by atoms with Crippen LogP contribution in [0.3, 0.4) is 0 Å². The smallest absolute Gasteiger partial charge is 0.408 e. The number of cyclic esters (lactones) is 2. The Morgan fingerprint density at radius 2 is 1.62 bits per heavy atom. The summed E-state index contributed by atoms with van der Waals surface area (Å²) in [5, 5.41) is 11.5. The molecule has 4 amide bonds. The van der Waals surface area contributed by atoms with Crippen molar-refractivity contribution in [3.05, 3.63) is 88.0 Å². The number of alkyl carbamates (subject to hydrolysis) is 1. The molecule has 0 aromatic heterocycles. The number of esters is 2. The predicted octanol–water partition coefficient (Wildman–Crippen LogP) is 7.56. The summed E-state index contributed by atoms with van der Waals surface area (Å²) in [6.07, 6.45) is 4.54. The van der Waals surface area contributed by atoms with E-state index >= 15 is 0 Å². The summed E-state index contributed by atoms with van der Waals surface area (Å²) >= 11 is 15.9. The lowest BCUT2D eigenvalue weighted by Gasteiger charge is -2.29. The molecular formula is C45H61Cl3N4O9. The summed E-state index contributed by atoms with van der Waals surface area (Å²) in [5.41, 5.74) is 1.40. The molecule has 336 valence electrons. The van der Waals surface area contributed by atoms with E-state index in [1.54, 1.807) is 46.8 Å². The molecule has 0 spiro atoms. The molecule has 61 heavy (non-hydrogen) atoms. The molecule has 13 nitrogen and oxygen atoms in total. The SMILES string of the molecule is Cc1ccc(C[C@H]2NC(=O)/C=C/C[C@@H]([C@H](C)/C=C/c3ccc(CNC(=O)CNC(=O)OC(C)(C)C)cc3)OC(=O)[C@H](CC(C)C)OC(=O)C(C)(C)CNC2=O)cc1Cl.ClCCl. The zero-order valence-corrected chi connectivity index (χ0v) is 38.8. The maximum absolute atomic E-state index is 13.7. The molecule has 4 N–H and O–H groups in total. The second kappa shape index (κ2) is 25.4. The quantitative estimate of drug-likeness (QED) is 0.101. The molecule has 2 aromatic carbocycles. The van der Waals surface area contributed by atoms with Gasteiger partial charge in [-0.25, -0.2) is 9.59 Å². The van der Waals surface area contributed by atoms with E-state index in [1.807, 2.05) is 76.2 Å². The fourth-order valence-corrected chi connectivity index (χ4v) is 5.81.